The predicted octanol–water partition coefficient (Wildman–Crippen LogP) is 4.88. The van der Waals surface area contributed by atoms with Crippen molar-refractivity contribution in [3.8, 4) is 11.3 Å². The molecule has 0 atom stereocenters. The van der Waals surface area contributed by atoms with E-state index >= 15 is 0 Å². The zero-order valence-electron chi connectivity index (χ0n) is 15.1. The van der Waals surface area contributed by atoms with E-state index in [0.29, 0.717) is 5.56 Å². The van der Waals surface area contributed by atoms with Gasteiger partial charge in [-0.15, -0.1) is 5.10 Å². The number of fused-ring (bicyclic) bond motifs is 1. The van der Waals surface area contributed by atoms with Gasteiger partial charge in [0.15, 0.2) is 0 Å². The lowest BCUT2D eigenvalue weighted by atomic mass is 9.99. The third kappa shape index (κ3) is 3.31. The van der Waals surface area contributed by atoms with Crippen LogP contribution in [0.3, 0.4) is 0 Å². The summed E-state index contributed by atoms with van der Waals surface area (Å²) in [5.74, 6) is -0.121. The van der Waals surface area contributed by atoms with Gasteiger partial charge in [0.25, 0.3) is 5.91 Å². The Morgan fingerprint density at radius 1 is 1.11 bits per heavy atom. The first-order chi connectivity index (χ1) is 13.2. The highest BCUT2D eigenvalue weighted by Gasteiger charge is 2.17. The van der Waals surface area contributed by atoms with E-state index in [9.17, 15) is 4.79 Å². The fraction of sp³-hybridized carbons (Fsp3) is 0.143. The van der Waals surface area contributed by atoms with Gasteiger partial charge in [-0.05, 0) is 48.6 Å². The van der Waals surface area contributed by atoms with Crippen LogP contribution in [0.1, 0.15) is 28.5 Å². The zero-order chi connectivity index (χ0) is 18.8. The third-order valence-corrected chi connectivity index (χ3v) is 5.10. The Kier molecular flexibility index (Phi) is 4.64. The molecule has 0 saturated carbocycles. The van der Waals surface area contributed by atoms with Crippen molar-refractivity contribution < 1.29 is 4.79 Å². The van der Waals surface area contributed by atoms with Crippen molar-refractivity contribution in [3.63, 3.8) is 0 Å². The fourth-order valence-electron chi connectivity index (χ4n) is 3.20. The first-order valence-electron chi connectivity index (χ1n) is 8.74. The second kappa shape index (κ2) is 7.25. The molecule has 0 aliphatic rings. The average molecular weight is 374 g/mol. The molecule has 134 valence electrons. The van der Waals surface area contributed by atoms with Crippen molar-refractivity contribution in [2.75, 3.05) is 5.32 Å². The predicted molar refractivity (Wildman–Crippen MR) is 109 cm³/mol. The molecule has 4 aromatic rings. The quantitative estimate of drug-likeness (QED) is 0.553. The minimum absolute atomic E-state index is 0.121. The molecular formula is C21H18N4OS. The van der Waals surface area contributed by atoms with Crippen molar-refractivity contribution in [3.05, 3.63) is 70.7 Å². The summed E-state index contributed by atoms with van der Waals surface area (Å²) in [5.41, 5.74) is 5.96. The number of carbonyl (C=O) groups is 1. The van der Waals surface area contributed by atoms with Gasteiger partial charge in [0.1, 0.15) is 5.69 Å². The third-order valence-electron chi connectivity index (χ3n) is 4.60. The molecule has 0 radical (unpaired) electrons. The molecule has 2 aromatic heterocycles. The van der Waals surface area contributed by atoms with Gasteiger partial charge in [-0.3, -0.25) is 9.78 Å². The number of benzene rings is 2. The molecule has 6 heteroatoms. The SMILES string of the molecule is CCc1nc2ccccc2c(C(=O)Nc2ccc(-c3csnn3)cc2)c1C. The molecule has 4 rings (SSSR count). The highest BCUT2D eigenvalue weighted by Crippen LogP contribution is 2.25. The van der Waals surface area contributed by atoms with Crippen LogP contribution in [-0.2, 0) is 6.42 Å². The smallest absolute Gasteiger partial charge is 0.256 e. The molecule has 2 aromatic carbocycles. The van der Waals surface area contributed by atoms with Gasteiger partial charge < -0.3 is 5.32 Å². The molecule has 1 amide bonds. The Balaban J connectivity index is 1.68. The minimum Gasteiger partial charge on any atom is -0.322 e. The summed E-state index contributed by atoms with van der Waals surface area (Å²) in [7, 11) is 0. The number of aryl methyl sites for hydroxylation is 1. The van der Waals surface area contributed by atoms with Gasteiger partial charge >= 0.3 is 0 Å². The fourth-order valence-corrected chi connectivity index (χ4v) is 3.67. The number of nitrogens with zero attached hydrogens (tertiary/aromatic N) is 3. The Hall–Kier alpha value is -3.12. The van der Waals surface area contributed by atoms with Crippen LogP contribution in [0.15, 0.2) is 53.9 Å². The van der Waals surface area contributed by atoms with Crippen LogP contribution in [0.4, 0.5) is 5.69 Å². The molecule has 27 heavy (non-hydrogen) atoms. The maximum absolute atomic E-state index is 13.1. The lowest BCUT2D eigenvalue weighted by Gasteiger charge is -2.14. The molecule has 0 fully saturated rings. The van der Waals surface area contributed by atoms with Gasteiger partial charge in [-0.2, -0.15) is 0 Å². The number of amides is 1. The van der Waals surface area contributed by atoms with Crippen molar-refractivity contribution >= 4 is 34.0 Å². The van der Waals surface area contributed by atoms with Crippen LogP contribution >= 0.6 is 11.5 Å². The number of hydrogen-bond donors (Lipinski definition) is 1. The van der Waals surface area contributed by atoms with E-state index in [0.717, 1.165) is 45.5 Å². The van der Waals surface area contributed by atoms with Crippen LogP contribution in [0, 0.1) is 6.92 Å². The second-order valence-electron chi connectivity index (χ2n) is 6.25. The molecule has 0 spiro atoms. The van der Waals surface area contributed by atoms with E-state index < -0.39 is 0 Å². The second-order valence-corrected chi connectivity index (χ2v) is 6.86. The highest BCUT2D eigenvalue weighted by atomic mass is 32.1. The van der Waals surface area contributed by atoms with Crippen LogP contribution in [0.2, 0.25) is 0 Å². The van der Waals surface area contributed by atoms with E-state index in [-0.39, 0.29) is 5.91 Å². The van der Waals surface area contributed by atoms with Gasteiger partial charge in [0.2, 0.25) is 0 Å². The number of pyridine rings is 1. The number of nitrogens with one attached hydrogen (secondary N) is 1. The maximum Gasteiger partial charge on any atom is 0.256 e. The lowest BCUT2D eigenvalue weighted by molar-refractivity contribution is 0.102. The van der Waals surface area contributed by atoms with E-state index in [4.69, 9.17) is 4.98 Å². The number of carbonyl (C=O) groups excluding carboxylic acids is 1. The Morgan fingerprint density at radius 2 is 1.89 bits per heavy atom. The summed E-state index contributed by atoms with van der Waals surface area (Å²) in [5, 5.41) is 9.84. The van der Waals surface area contributed by atoms with Gasteiger partial charge in [-0.1, -0.05) is 41.7 Å². The summed E-state index contributed by atoms with van der Waals surface area (Å²) in [4.78, 5) is 17.8. The van der Waals surface area contributed by atoms with Crippen molar-refractivity contribution in [2.24, 2.45) is 0 Å². The van der Waals surface area contributed by atoms with Crippen LogP contribution in [0.5, 0.6) is 0 Å². The number of rotatable bonds is 4. The Labute approximate surface area is 161 Å². The van der Waals surface area contributed by atoms with Crippen LogP contribution in [-0.4, -0.2) is 20.5 Å². The Bertz CT molecular complexity index is 1110. The summed E-state index contributed by atoms with van der Waals surface area (Å²) in [6, 6.07) is 15.4. The maximum atomic E-state index is 13.1. The molecule has 0 bridgehead atoms. The molecule has 0 saturated heterocycles. The van der Waals surface area contributed by atoms with Crippen molar-refractivity contribution in [2.45, 2.75) is 20.3 Å². The largest absolute Gasteiger partial charge is 0.322 e. The number of anilines is 1. The lowest BCUT2D eigenvalue weighted by Crippen LogP contribution is -2.15. The van der Waals surface area contributed by atoms with E-state index in [1.54, 1.807) is 0 Å². The van der Waals surface area contributed by atoms with Gasteiger partial charge in [-0.25, -0.2) is 0 Å². The number of aromatic nitrogens is 3. The van der Waals surface area contributed by atoms with Crippen LogP contribution in [0.25, 0.3) is 22.2 Å². The molecular weight excluding hydrogens is 356 g/mol. The molecule has 1 N–H and O–H groups in total. The van der Waals surface area contributed by atoms with E-state index in [1.165, 1.54) is 11.5 Å². The number of para-hydroxylation sites is 1. The summed E-state index contributed by atoms with van der Waals surface area (Å²) in [6.07, 6.45) is 0.785. The molecule has 2 heterocycles. The number of hydrogen-bond acceptors (Lipinski definition) is 5. The summed E-state index contributed by atoms with van der Waals surface area (Å²) < 4.78 is 3.88. The molecule has 0 aliphatic carbocycles. The molecule has 0 unspecified atom stereocenters. The minimum atomic E-state index is -0.121. The first-order valence-corrected chi connectivity index (χ1v) is 9.58. The normalized spacial score (nSPS) is 10.9. The average Bonchev–Trinajstić information content (AvgIpc) is 3.22. The van der Waals surface area contributed by atoms with Crippen molar-refractivity contribution in [1.82, 2.24) is 14.6 Å². The van der Waals surface area contributed by atoms with Gasteiger partial charge in [0.05, 0.1) is 11.1 Å². The van der Waals surface area contributed by atoms with Crippen molar-refractivity contribution in [1.29, 1.82) is 0 Å². The molecule has 0 aliphatic heterocycles. The monoisotopic (exact) mass is 374 g/mol. The Morgan fingerprint density at radius 3 is 2.59 bits per heavy atom. The topological polar surface area (TPSA) is 67.8 Å². The van der Waals surface area contributed by atoms with E-state index in [2.05, 4.69) is 21.8 Å². The standard InChI is InChI=1S/C21H18N4OS/c1-3-17-13(2)20(16-6-4-5-7-18(16)23-17)21(26)22-15-10-8-14(9-11-15)19-12-27-25-24-19/h4-12H,3H2,1-2H3,(H,22,26). The first kappa shape index (κ1) is 17.3. The summed E-state index contributed by atoms with van der Waals surface area (Å²) in [6.45, 7) is 4.02. The zero-order valence-corrected chi connectivity index (χ0v) is 15.9. The summed E-state index contributed by atoms with van der Waals surface area (Å²) >= 11 is 1.32. The van der Waals surface area contributed by atoms with E-state index in [1.807, 2.05) is 60.8 Å². The molecule has 5 nitrogen and oxygen atoms in total. The highest BCUT2D eigenvalue weighted by molar-refractivity contribution is 7.03. The van der Waals surface area contributed by atoms with Gasteiger partial charge in [0, 0.05) is 27.7 Å². The van der Waals surface area contributed by atoms with Crippen LogP contribution < -0.4 is 5.32 Å².